The third-order valence-electron chi connectivity index (χ3n) is 2.64. The maximum absolute atomic E-state index is 5.93. The van der Waals surface area contributed by atoms with Crippen LogP contribution in [-0.4, -0.2) is 6.04 Å². The maximum atomic E-state index is 5.93. The average molecular weight is 250 g/mol. The lowest BCUT2D eigenvalue weighted by atomic mass is 10.1. The second-order valence-electron chi connectivity index (χ2n) is 4.41. The monoisotopic (exact) mass is 249 g/mol. The molecule has 1 heterocycles. The molecule has 0 saturated heterocycles. The van der Waals surface area contributed by atoms with E-state index in [0.717, 1.165) is 34.1 Å². The SMILES string of the molecule is Cc1cc(Cl)ccc1-c1ccc(CC(C)N)o1. The van der Waals surface area contributed by atoms with Crippen LogP contribution in [0.5, 0.6) is 0 Å². The molecule has 1 aromatic carbocycles. The van der Waals surface area contributed by atoms with E-state index >= 15 is 0 Å². The van der Waals surface area contributed by atoms with Gasteiger partial charge in [0.05, 0.1) is 0 Å². The average Bonchev–Trinajstić information content (AvgIpc) is 2.65. The fraction of sp³-hybridized carbons (Fsp3) is 0.286. The van der Waals surface area contributed by atoms with Crippen LogP contribution < -0.4 is 5.73 Å². The number of rotatable bonds is 3. The lowest BCUT2D eigenvalue weighted by molar-refractivity contribution is 0.503. The molecule has 1 aromatic heterocycles. The standard InChI is InChI=1S/C14H16ClNO/c1-9-7-11(15)3-5-13(9)14-6-4-12(17-14)8-10(2)16/h3-7,10H,8,16H2,1-2H3. The van der Waals surface area contributed by atoms with Crippen LogP contribution >= 0.6 is 11.6 Å². The summed E-state index contributed by atoms with van der Waals surface area (Å²) in [5, 5.41) is 0.744. The number of hydrogen-bond donors (Lipinski definition) is 1. The molecular weight excluding hydrogens is 234 g/mol. The molecule has 2 N–H and O–H groups in total. The zero-order chi connectivity index (χ0) is 12.4. The number of halogens is 1. The van der Waals surface area contributed by atoms with Crippen LogP contribution in [0.15, 0.2) is 34.7 Å². The van der Waals surface area contributed by atoms with E-state index in [1.165, 1.54) is 0 Å². The molecule has 0 saturated carbocycles. The highest BCUT2D eigenvalue weighted by Crippen LogP contribution is 2.27. The summed E-state index contributed by atoms with van der Waals surface area (Å²) in [5.41, 5.74) is 7.93. The number of furan rings is 1. The second kappa shape index (κ2) is 4.94. The summed E-state index contributed by atoms with van der Waals surface area (Å²) < 4.78 is 5.78. The molecule has 90 valence electrons. The molecular formula is C14H16ClNO. The highest BCUT2D eigenvalue weighted by atomic mass is 35.5. The first kappa shape index (κ1) is 12.2. The van der Waals surface area contributed by atoms with E-state index in [4.69, 9.17) is 21.8 Å². The molecule has 0 fully saturated rings. The van der Waals surface area contributed by atoms with Gasteiger partial charge >= 0.3 is 0 Å². The van der Waals surface area contributed by atoms with E-state index in [9.17, 15) is 0 Å². The molecule has 0 bridgehead atoms. The zero-order valence-corrected chi connectivity index (χ0v) is 10.8. The van der Waals surface area contributed by atoms with Crippen LogP contribution in [0.25, 0.3) is 11.3 Å². The third-order valence-corrected chi connectivity index (χ3v) is 2.87. The van der Waals surface area contributed by atoms with Crippen LogP contribution in [0.4, 0.5) is 0 Å². The molecule has 0 radical (unpaired) electrons. The van der Waals surface area contributed by atoms with Gasteiger partial charge in [0.15, 0.2) is 0 Å². The minimum atomic E-state index is 0.111. The Morgan fingerprint density at radius 1 is 1.29 bits per heavy atom. The molecule has 1 atom stereocenters. The maximum Gasteiger partial charge on any atom is 0.134 e. The quantitative estimate of drug-likeness (QED) is 0.899. The number of nitrogens with two attached hydrogens (primary N) is 1. The lowest BCUT2D eigenvalue weighted by Crippen LogP contribution is -2.17. The summed E-state index contributed by atoms with van der Waals surface area (Å²) in [6, 6.07) is 9.86. The number of hydrogen-bond acceptors (Lipinski definition) is 2. The molecule has 2 nitrogen and oxygen atoms in total. The van der Waals surface area contributed by atoms with Gasteiger partial charge < -0.3 is 10.2 Å². The Balaban J connectivity index is 2.30. The van der Waals surface area contributed by atoms with Gasteiger partial charge in [0.2, 0.25) is 0 Å². The van der Waals surface area contributed by atoms with E-state index in [1.54, 1.807) is 0 Å². The van der Waals surface area contributed by atoms with Crippen molar-refractivity contribution < 1.29 is 4.42 Å². The molecule has 2 rings (SSSR count). The van der Waals surface area contributed by atoms with E-state index in [2.05, 4.69) is 0 Å². The Hall–Kier alpha value is -1.25. The molecule has 3 heteroatoms. The lowest BCUT2D eigenvalue weighted by Gasteiger charge is -2.04. The van der Waals surface area contributed by atoms with Crippen LogP contribution in [0.2, 0.25) is 5.02 Å². The van der Waals surface area contributed by atoms with Gasteiger partial charge in [-0.25, -0.2) is 0 Å². The van der Waals surface area contributed by atoms with E-state index in [0.29, 0.717) is 0 Å². The first-order chi connectivity index (χ1) is 8.06. The van der Waals surface area contributed by atoms with Gasteiger partial charge in [0.25, 0.3) is 0 Å². The first-order valence-electron chi connectivity index (χ1n) is 5.67. The Labute approximate surface area is 106 Å². The van der Waals surface area contributed by atoms with Crippen LogP contribution in [-0.2, 0) is 6.42 Å². The summed E-state index contributed by atoms with van der Waals surface area (Å²) in [6.07, 6.45) is 0.757. The minimum Gasteiger partial charge on any atom is -0.461 e. The van der Waals surface area contributed by atoms with Crippen molar-refractivity contribution in [1.82, 2.24) is 0 Å². The van der Waals surface area contributed by atoms with Crippen molar-refractivity contribution >= 4 is 11.6 Å². The Bertz CT molecular complexity index is 517. The number of benzene rings is 1. The Morgan fingerprint density at radius 3 is 2.71 bits per heavy atom. The molecule has 0 amide bonds. The van der Waals surface area contributed by atoms with Gasteiger partial charge in [-0.2, -0.15) is 0 Å². The Morgan fingerprint density at radius 2 is 2.06 bits per heavy atom. The van der Waals surface area contributed by atoms with E-state index in [1.807, 2.05) is 44.2 Å². The summed E-state index contributed by atoms with van der Waals surface area (Å²) >= 11 is 5.93. The predicted octanol–water partition coefficient (Wildman–Crippen LogP) is 3.80. The zero-order valence-electron chi connectivity index (χ0n) is 10.0. The third kappa shape index (κ3) is 2.90. The van der Waals surface area contributed by atoms with Crippen molar-refractivity contribution in [2.75, 3.05) is 0 Å². The van der Waals surface area contributed by atoms with Crippen LogP contribution in [0.3, 0.4) is 0 Å². The van der Waals surface area contributed by atoms with Gasteiger partial charge in [-0.3, -0.25) is 0 Å². The molecule has 0 spiro atoms. The molecule has 17 heavy (non-hydrogen) atoms. The van der Waals surface area contributed by atoms with Gasteiger partial charge in [-0.15, -0.1) is 0 Å². The molecule has 2 aromatic rings. The fourth-order valence-electron chi connectivity index (χ4n) is 1.85. The van der Waals surface area contributed by atoms with Crippen molar-refractivity contribution in [1.29, 1.82) is 0 Å². The van der Waals surface area contributed by atoms with Gasteiger partial charge in [0.1, 0.15) is 11.5 Å². The summed E-state index contributed by atoms with van der Waals surface area (Å²) in [5.74, 6) is 1.79. The van der Waals surface area contributed by atoms with Crippen LogP contribution in [0, 0.1) is 6.92 Å². The number of aryl methyl sites for hydroxylation is 1. The topological polar surface area (TPSA) is 39.2 Å². The van der Waals surface area contributed by atoms with Gasteiger partial charge in [-0.05, 0) is 49.7 Å². The second-order valence-corrected chi connectivity index (χ2v) is 4.84. The molecule has 0 aliphatic rings. The van der Waals surface area contributed by atoms with Gasteiger partial charge in [0, 0.05) is 23.0 Å². The van der Waals surface area contributed by atoms with Gasteiger partial charge in [-0.1, -0.05) is 11.6 Å². The van der Waals surface area contributed by atoms with Crippen molar-refractivity contribution in [3.63, 3.8) is 0 Å². The van der Waals surface area contributed by atoms with Crippen molar-refractivity contribution in [3.8, 4) is 11.3 Å². The minimum absolute atomic E-state index is 0.111. The molecule has 0 aliphatic carbocycles. The van der Waals surface area contributed by atoms with E-state index in [-0.39, 0.29) is 6.04 Å². The smallest absolute Gasteiger partial charge is 0.134 e. The Kier molecular flexibility index (Phi) is 3.55. The van der Waals surface area contributed by atoms with Crippen molar-refractivity contribution in [3.05, 3.63) is 46.7 Å². The molecule has 1 unspecified atom stereocenters. The highest BCUT2D eigenvalue weighted by molar-refractivity contribution is 6.30. The largest absolute Gasteiger partial charge is 0.461 e. The predicted molar refractivity (Wildman–Crippen MR) is 71.2 cm³/mol. The highest BCUT2D eigenvalue weighted by Gasteiger charge is 2.08. The fourth-order valence-corrected chi connectivity index (χ4v) is 2.08. The van der Waals surface area contributed by atoms with E-state index < -0.39 is 0 Å². The van der Waals surface area contributed by atoms with Crippen molar-refractivity contribution in [2.24, 2.45) is 5.73 Å². The summed E-state index contributed by atoms with van der Waals surface area (Å²) in [4.78, 5) is 0. The normalized spacial score (nSPS) is 12.7. The summed E-state index contributed by atoms with van der Waals surface area (Å²) in [6.45, 7) is 3.99. The van der Waals surface area contributed by atoms with Crippen molar-refractivity contribution in [2.45, 2.75) is 26.3 Å². The first-order valence-corrected chi connectivity index (χ1v) is 6.05. The molecule has 0 aliphatic heterocycles. The summed E-state index contributed by atoms with van der Waals surface area (Å²) in [7, 11) is 0. The van der Waals surface area contributed by atoms with Crippen LogP contribution in [0.1, 0.15) is 18.2 Å².